The molecule has 0 aliphatic carbocycles. The number of likely N-dealkylation sites (tertiary alicyclic amines) is 1. The zero-order valence-corrected chi connectivity index (χ0v) is 17.3. The van der Waals surface area contributed by atoms with E-state index in [9.17, 15) is 5.11 Å². The Hall–Kier alpha value is -1.82. The number of β-amino-alcohol motifs (C(OH)–C–C–N with tert-alkyl or cyclic N) is 1. The fourth-order valence-electron chi connectivity index (χ4n) is 3.80. The highest BCUT2D eigenvalue weighted by Crippen LogP contribution is 2.17. The maximum absolute atomic E-state index is 10.4. The predicted molar refractivity (Wildman–Crippen MR) is 111 cm³/mol. The Bertz CT molecular complexity index is 707. The third-order valence-corrected chi connectivity index (χ3v) is 5.18. The van der Waals surface area contributed by atoms with Gasteiger partial charge in [0.1, 0.15) is 30.0 Å². The number of benzene rings is 1. The molecule has 1 aliphatic heterocycles. The average Bonchev–Trinajstić information content (AvgIpc) is 2.90. The van der Waals surface area contributed by atoms with E-state index in [0.717, 1.165) is 43.4 Å². The van der Waals surface area contributed by atoms with Crippen LogP contribution in [-0.2, 0) is 13.1 Å². The van der Waals surface area contributed by atoms with Crippen LogP contribution in [0.1, 0.15) is 42.8 Å². The summed E-state index contributed by atoms with van der Waals surface area (Å²) in [4.78, 5) is 4.58. The maximum atomic E-state index is 10.4. The molecule has 1 fully saturated rings. The normalized spacial score (nSPS) is 16.9. The zero-order valence-electron chi connectivity index (χ0n) is 17.3. The van der Waals surface area contributed by atoms with Gasteiger partial charge in [-0.2, -0.15) is 0 Å². The van der Waals surface area contributed by atoms with Crippen LogP contribution in [0.5, 0.6) is 5.75 Å². The molecule has 154 valence electrons. The molecule has 1 aromatic carbocycles. The SMILES string of the molecule is Cc1ccc(CN(C)Cc2cccc(OCC(O)CN3CCCCCC3)c2)o1. The molecule has 1 unspecified atom stereocenters. The minimum Gasteiger partial charge on any atom is -0.491 e. The minimum absolute atomic E-state index is 0.335. The number of furan rings is 1. The van der Waals surface area contributed by atoms with Crippen LogP contribution in [0.25, 0.3) is 0 Å². The van der Waals surface area contributed by atoms with E-state index in [1.54, 1.807) is 0 Å². The van der Waals surface area contributed by atoms with Crippen molar-refractivity contribution in [3.63, 3.8) is 0 Å². The topological polar surface area (TPSA) is 49.1 Å². The molecule has 0 amide bonds. The van der Waals surface area contributed by atoms with E-state index in [4.69, 9.17) is 9.15 Å². The fourth-order valence-corrected chi connectivity index (χ4v) is 3.80. The predicted octanol–water partition coefficient (Wildman–Crippen LogP) is 3.84. The molecule has 1 N–H and O–H groups in total. The molecule has 3 rings (SSSR count). The first-order valence-corrected chi connectivity index (χ1v) is 10.4. The summed E-state index contributed by atoms with van der Waals surface area (Å²) in [5.74, 6) is 2.73. The van der Waals surface area contributed by atoms with Gasteiger partial charge in [0.05, 0.1) is 6.54 Å². The van der Waals surface area contributed by atoms with Gasteiger partial charge in [-0.25, -0.2) is 0 Å². The third-order valence-electron chi connectivity index (χ3n) is 5.18. The molecule has 0 bridgehead atoms. The van der Waals surface area contributed by atoms with Crippen LogP contribution < -0.4 is 4.74 Å². The molecule has 0 radical (unpaired) electrons. The van der Waals surface area contributed by atoms with Crippen LogP contribution in [0.15, 0.2) is 40.8 Å². The van der Waals surface area contributed by atoms with Crippen LogP contribution in [0.2, 0.25) is 0 Å². The summed E-state index contributed by atoms with van der Waals surface area (Å²) in [6.07, 6.45) is 4.64. The van der Waals surface area contributed by atoms with Crippen molar-refractivity contribution >= 4 is 0 Å². The number of rotatable bonds is 9. The van der Waals surface area contributed by atoms with Crippen molar-refractivity contribution in [2.45, 2.75) is 51.8 Å². The minimum atomic E-state index is -0.452. The average molecular weight is 387 g/mol. The Balaban J connectivity index is 1.44. The molecule has 0 spiro atoms. The highest BCUT2D eigenvalue weighted by atomic mass is 16.5. The quantitative estimate of drug-likeness (QED) is 0.710. The van der Waals surface area contributed by atoms with Gasteiger partial charge < -0.3 is 19.2 Å². The molecular weight excluding hydrogens is 352 g/mol. The van der Waals surface area contributed by atoms with Crippen LogP contribution in [0, 0.1) is 6.92 Å². The lowest BCUT2D eigenvalue weighted by Gasteiger charge is -2.23. The monoisotopic (exact) mass is 386 g/mol. The van der Waals surface area contributed by atoms with Crippen molar-refractivity contribution in [2.75, 3.05) is 33.3 Å². The molecule has 1 saturated heterocycles. The number of aliphatic hydroxyl groups excluding tert-OH is 1. The highest BCUT2D eigenvalue weighted by molar-refractivity contribution is 5.28. The van der Waals surface area contributed by atoms with Crippen LogP contribution in [0.3, 0.4) is 0 Å². The van der Waals surface area contributed by atoms with Gasteiger partial charge in [0.15, 0.2) is 0 Å². The van der Waals surface area contributed by atoms with Crippen LogP contribution in [0.4, 0.5) is 0 Å². The van der Waals surface area contributed by atoms with Crippen LogP contribution in [-0.4, -0.2) is 54.3 Å². The fraction of sp³-hybridized carbons (Fsp3) is 0.565. The van der Waals surface area contributed by atoms with Crippen molar-refractivity contribution in [2.24, 2.45) is 0 Å². The van der Waals surface area contributed by atoms with Crippen molar-refractivity contribution in [3.05, 3.63) is 53.5 Å². The first-order chi connectivity index (χ1) is 13.6. The van der Waals surface area contributed by atoms with E-state index >= 15 is 0 Å². The van der Waals surface area contributed by atoms with E-state index in [2.05, 4.69) is 29.0 Å². The number of hydrogen-bond acceptors (Lipinski definition) is 5. The smallest absolute Gasteiger partial charge is 0.119 e. The second kappa shape index (κ2) is 10.6. The summed E-state index contributed by atoms with van der Waals surface area (Å²) in [5, 5.41) is 10.4. The Morgan fingerprint density at radius 1 is 1.11 bits per heavy atom. The number of ether oxygens (including phenoxy) is 1. The number of hydrogen-bond donors (Lipinski definition) is 1. The van der Waals surface area contributed by atoms with E-state index < -0.39 is 6.10 Å². The Morgan fingerprint density at radius 3 is 2.61 bits per heavy atom. The summed E-state index contributed by atoms with van der Waals surface area (Å²) in [6.45, 7) is 6.76. The summed E-state index contributed by atoms with van der Waals surface area (Å²) in [5.41, 5.74) is 1.19. The summed E-state index contributed by atoms with van der Waals surface area (Å²) < 4.78 is 11.5. The zero-order chi connectivity index (χ0) is 19.8. The van der Waals surface area contributed by atoms with Crippen LogP contribution >= 0.6 is 0 Å². The molecule has 1 atom stereocenters. The third kappa shape index (κ3) is 6.97. The molecular formula is C23H34N2O3. The van der Waals surface area contributed by atoms with Crippen molar-refractivity contribution < 1.29 is 14.3 Å². The maximum Gasteiger partial charge on any atom is 0.119 e. The van der Waals surface area contributed by atoms with Crippen molar-refractivity contribution in [1.29, 1.82) is 0 Å². The standard InChI is InChI=1S/C23H34N2O3/c1-19-10-11-23(28-19)17-24(2)15-20-8-7-9-22(14-20)27-18-21(26)16-25-12-5-3-4-6-13-25/h7-11,14,21,26H,3-6,12-13,15-18H2,1-2H3. The summed E-state index contributed by atoms with van der Waals surface area (Å²) in [6, 6.07) is 12.1. The second-order valence-corrected chi connectivity index (χ2v) is 8.01. The Labute approximate surface area is 168 Å². The van der Waals surface area contributed by atoms with E-state index in [-0.39, 0.29) is 0 Å². The number of aryl methyl sites for hydroxylation is 1. The molecule has 1 aromatic heterocycles. The van der Waals surface area contributed by atoms with E-state index in [0.29, 0.717) is 13.2 Å². The van der Waals surface area contributed by atoms with Gasteiger partial charge >= 0.3 is 0 Å². The molecule has 5 nitrogen and oxygen atoms in total. The second-order valence-electron chi connectivity index (χ2n) is 8.01. The molecule has 1 aliphatic rings. The van der Waals surface area contributed by atoms with E-state index in [1.807, 2.05) is 31.2 Å². The first-order valence-electron chi connectivity index (χ1n) is 10.4. The van der Waals surface area contributed by atoms with Crippen molar-refractivity contribution in [3.8, 4) is 5.75 Å². The molecule has 28 heavy (non-hydrogen) atoms. The number of nitrogens with zero attached hydrogens (tertiary/aromatic N) is 2. The number of aliphatic hydroxyl groups is 1. The highest BCUT2D eigenvalue weighted by Gasteiger charge is 2.14. The Morgan fingerprint density at radius 2 is 1.89 bits per heavy atom. The summed E-state index contributed by atoms with van der Waals surface area (Å²) in [7, 11) is 2.08. The molecule has 0 saturated carbocycles. The van der Waals surface area contributed by atoms with E-state index in [1.165, 1.54) is 31.2 Å². The molecule has 5 heteroatoms. The molecule has 2 aromatic rings. The lowest BCUT2D eigenvalue weighted by atomic mass is 10.2. The van der Waals surface area contributed by atoms with Gasteiger partial charge in [0.25, 0.3) is 0 Å². The Kier molecular flexibility index (Phi) is 7.95. The first kappa shape index (κ1) is 20.9. The van der Waals surface area contributed by atoms with Gasteiger partial charge in [-0.05, 0) is 69.7 Å². The lowest BCUT2D eigenvalue weighted by Crippen LogP contribution is -2.36. The molecule has 2 heterocycles. The lowest BCUT2D eigenvalue weighted by molar-refractivity contribution is 0.0693. The van der Waals surface area contributed by atoms with Gasteiger partial charge in [-0.3, -0.25) is 4.90 Å². The van der Waals surface area contributed by atoms with Gasteiger partial charge in [0, 0.05) is 13.1 Å². The van der Waals surface area contributed by atoms with Gasteiger partial charge in [0.2, 0.25) is 0 Å². The largest absolute Gasteiger partial charge is 0.491 e. The van der Waals surface area contributed by atoms with Crippen molar-refractivity contribution in [1.82, 2.24) is 9.80 Å². The van der Waals surface area contributed by atoms with Gasteiger partial charge in [-0.1, -0.05) is 25.0 Å². The van der Waals surface area contributed by atoms with Gasteiger partial charge in [-0.15, -0.1) is 0 Å². The summed E-state index contributed by atoms with van der Waals surface area (Å²) >= 11 is 0.